The van der Waals surface area contributed by atoms with Crippen molar-refractivity contribution < 1.29 is 67.8 Å². The molecule has 2 fully saturated rings. The molecule has 15 heteroatoms. The highest BCUT2D eigenvalue weighted by Crippen LogP contribution is 2.47. The van der Waals surface area contributed by atoms with Gasteiger partial charge < -0.3 is 44.6 Å². The first kappa shape index (κ1) is 60.3. The van der Waals surface area contributed by atoms with E-state index in [-0.39, 0.29) is 12.8 Å². The number of hydrogen-bond donors (Lipinski definition) is 6. The van der Waals surface area contributed by atoms with Gasteiger partial charge in [-0.1, -0.05) is 142 Å². The smallest absolute Gasteiger partial charge is 0.462 e. The molecule has 14 nitrogen and oxygen atoms in total. The molecular weight excluding hydrogens is 892 g/mol. The number of esters is 2. The topological polar surface area (TPSA) is 222 Å². The normalized spacial score (nSPS) is 25.1. The number of rotatable bonds is 37. The predicted molar refractivity (Wildman–Crippen MR) is 266 cm³/mol. The fourth-order valence-corrected chi connectivity index (χ4v) is 7.70. The Morgan fingerprint density at radius 2 is 0.941 bits per heavy atom. The lowest BCUT2D eigenvalue weighted by atomic mass is 9.85. The van der Waals surface area contributed by atoms with E-state index >= 15 is 0 Å². The molecule has 0 radical (unpaired) electrons. The van der Waals surface area contributed by atoms with Gasteiger partial charge in [0.15, 0.2) is 6.10 Å². The second-order valence-corrected chi connectivity index (χ2v) is 18.0. The van der Waals surface area contributed by atoms with Crippen molar-refractivity contribution in [2.75, 3.05) is 13.2 Å². The van der Waals surface area contributed by atoms with Crippen LogP contribution in [0, 0.1) is 0 Å². The summed E-state index contributed by atoms with van der Waals surface area (Å²) in [5.41, 5.74) is 0. The molecule has 10 atom stereocenters. The number of hydrogen-bond acceptors (Lipinski definition) is 13. The first-order chi connectivity index (χ1) is 32.9. The van der Waals surface area contributed by atoms with E-state index in [0.717, 1.165) is 83.5 Å². The summed E-state index contributed by atoms with van der Waals surface area (Å²) < 4.78 is 39.1. The van der Waals surface area contributed by atoms with E-state index in [9.17, 15) is 44.6 Å². The van der Waals surface area contributed by atoms with Crippen molar-refractivity contribution in [3.63, 3.8) is 0 Å². The molecule has 0 aromatic carbocycles. The van der Waals surface area contributed by atoms with Crippen molar-refractivity contribution in [1.82, 2.24) is 0 Å². The van der Waals surface area contributed by atoms with Gasteiger partial charge in [-0.25, -0.2) is 4.57 Å². The number of unbranched alkanes of at least 4 members (excludes halogenated alkanes) is 3. The van der Waals surface area contributed by atoms with Crippen LogP contribution in [0.2, 0.25) is 0 Å². The van der Waals surface area contributed by atoms with Gasteiger partial charge in [-0.3, -0.25) is 18.6 Å². The van der Waals surface area contributed by atoms with E-state index in [2.05, 4.69) is 117 Å². The van der Waals surface area contributed by atoms with Gasteiger partial charge in [0.2, 0.25) is 0 Å². The second kappa shape index (κ2) is 38.0. The molecule has 2 rings (SSSR count). The Morgan fingerprint density at radius 1 is 0.515 bits per heavy atom. The molecule has 1 saturated heterocycles. The summed E-state index contributed by atoms with van der Waals surface area (Å²) in [5.74, 6) is -1.25. The zero-order chi connectivity index (χ0) is 49.7. The third-order valence-corrected chi connectivity index (χ3v) is 11.7. The van der Waals surface area contributed by atoms with Gasteiger partial charge in [-0.05, 0) is 96.3 Å². The van der Waals surface area contributed by atoms with E-state index < -0.39 is 75.7 Å². The lowest BCUT2D eigenvalue weighted by Gasteiger charge is -2.41. The fraction of sp³-hybridized carbons (Fsp3) is 0.585. The molecule has 2 aliphatic rings. The van der Waals surface area contributed by atoms with E-state index in [4.69, 9.17) is 23.3 Å². The molecule has 68 heavy (non-hydrogen) atoms. The predicted octanol–water partition coefficient (Wildman–Crippen LogP) is 9.15. The minimum Gasteiger partial charge on any atom is -0.462 e. The highest BCUT2D eigenvalue weighted by molar-refractivity contribution is 7.47. The monoisotopic (exact) mass is 973 g/mol. The maximum atomic E-state index is 12.8. The van der Waals surface area contributed by atoms with Crippen molar-refractivity contribution in [1.29, 1.82) is 0 Å². The molecule has 6 N–H and O–H groups in total. The minimum atomic E-state index is -5.16. The van der Waals surface area contributed by atoms with Crippen LogP contribution in [0.4, 0.5) is 0 Å². The van der Waals surface area contributed by atoms with E-state index in [1.54, 1.807) is 0 Å². The van der Waals surface area contributed by atoms with Crippen LogP contribution >= 0.6 is 7.82 Å². The number of phosphoric ester groups is 1. The van der Waals surface area contributed by atoms with Crippen molar-refractivity contribution in [3.05, 3.63) is 122 Å². The van der Waals surface area contributed by atoms with Gasteiger partial charge in [0.25, 0.3) is 0 Å². The molecule has 0 aromatic rings. The van der Waals surface area contributed by atoms with Crippen LogP contribution in [0.5, 0.6) is 0 Å². The number of allylic oxidation sites excluding steroid dienone is 18. The number of aliphatic hydroxyl groups excluding tert-OH is 5. The Bertz CT molecular complexity index is 1710. The quantitative estimate of drug-likeness (QED) is 0.0112. The molecule has 0 spiro atoms. The first-order valence-electron chi connectivity index (χ1n) is 24.5. The maximum Gasteiger partial charge on any atom is 0.472 e. The Labute approximate surface area is 405 Å². The maximum absolute atomic E-state index is 12.8. The Kier molecular flexibility index (Phi) is 33.7. The van der Waals surface area contributed by atoms with Crippen molar-refractivity contribution >= 4 is 19.8 Å². The van der Waals surface area contributed by atoms with Crippen LogP contribution in [-0.4, -0.2) is 111 Å². The van der Waals surface area contributed by atoms with Gasteiger partial charge >= 0.3 is 19.8 Å². The summed E-state index contributed by atoms with van der Waals surface area (Å²) >= 11 is 0. The van der Waals surface area contributed by atoms with E-state index in [0.29, 0.717) is 31.5 Å². The molecule has 1 saturated carbocycles. The van der Waals surface area contributed by atoms with Gasteiger partial charge in [0.1, 0.15) is 43.2 Å². The van der Waals surface area contributed by atoms with Crippen LogP contribution in [0.25, 0.3) is 0 Å². The molecule has 1 heterocycles. The molecule has 0 amide bonds. The number of carbonyl (C=O) groups excluding carboxylic acids is 2. The van der Waals surface area contributed by atoms with Gasteiger partial charge in [-0.2, -0.15) is 0 Å². The Hall–Kier alpha value is -3.79. The van der Waals surface area contributed by atoms with E-state index in [1.165, 1.54) is 0 Å². The lowest BCUT2D eigenvalue weighted by molar-refractivity contribution is -0.220. The van der Waals surface area contributed by atoms with Crippen molar-refractivity contribution in [2.45, 2.75) is 184 Å². The minimum absolute atomic E-state index is 0.0227. The van der Waals surface area contributed by atoms with Crippen LogP contribution in [0.3, 0.4) is 0 Å². The third-order valence-electron chi connectivity index (χ3n) is 10.7. The Balaban J connectivity index is 1.73. The standard InChI is InChI=1S/C53H81O14P/c1-3-5-7-8-9-10-11-12-13-14-15-16-17-18-23-26-29-32-36-40-47(55)65-43(42-64-68(61,62)67-53-51(59)49(57)48(56)50(58)52(53)60)41-63-46(54)39-35-31-28-25-22-20-19-21-24-27-30-34-38-45-44(66-45)37-33-6-4-2/h5-7,9-10,12-13,15-16,18,20-24,28,30-31,33-34,43-45,48-53,56-60H,3-4,8,11,14,17,19,25-27,29,32,35-42H2,1-2H3,(H,61,62)/b7-5-,10-9-,13-12-,16-15-,22-20-,23-18-,24-21-,31-28-,33-6-,34-30-/t43-,44?,45?,48?,49-,50+,51-,52-,53?/m1/s1. The largest absolute Gasteiger partial charge is 0.472 e. The van der Waals surface area contributed by atoms with Gasteiger partial charge in [0.05, 0.1) is 18.8 Å². The lowest BCUT2D eigenvalue weighted by Crippen LogP contribution is -2.64. The van der Waals surface area contributed by atoms with Crippen LogP contribution in [0.1, 0.15) is 129 Å². The zero-order valence-electron chi connectivity index (χ0n) is 40.3. The summed E-state index contributed by atoms with van der Waals surface area (Å²) in [6.07, 6.45) is 42.9. The summed E-state index contributed by atoms with van der Waals surface area (Å²) in [6, 6.07) is 0. The van der Waals surface area contributed by atoms with Gasteiger partial charge in [0, 0.05) is 12.8 Å². The zero-order valence-corrected chi connectivity index (χ0v) is 41.2. The summed E-state index contributed by atoms with van der Waals surface area (Å²) in [6.45, 7) is 2.96. The molecular formula is C53H81O14P. The number of phosphoric acid groups is 1. The highest BCUT2D eigenvalue weighted by atomic mass is 31.2. The number of epoxide rings is 1. The average molecular weight is 973 g/mol. The average Bonchev–Trinajstić information content (AvgIpc) is 4.08. The molecule has 1 aliphatic heterocycles. The third kappa shape index (κ3) is 29.3. The SMILES string of the molecule is CC/C=C\C/C=C\C/C=C\C/C=C\C/C=C\CCCCCC(=O)O[C@H](COC(=O)CC/C=C\C/C=C\C/C=C\C/C=C\CC1OC1C/C=C\CC)COP(=O)(O)OC1[C@H](O)[C@H](O)C(O)[C@H](O)[C@H]1O. The number of carbonyl (C=O) groups is 2. The highest BCUT2D eigenvalue weighted by Gasteiger charge is 2.51. The van der Waals surface area contributed by atoms with Crippen LogP contribution in [0.15, 0.2) is 122 Å². The molecule has 0 aromatic heterocycles. The number of aliphatic hydroxyl groups is 5. The van der Waals surface area contributed by atoms with Crippen LogP contribution in [-0.2, 0) is 37.4 Å². The summed E-state index contributed by atoms with van der Waals surface area (Å²) in [4.78, 5) is 35.8. The first-order valence-corrected chi connectivity index (χ1v) is 26.0. The van der Waals surface area contributed by atoms with Crippen molar-refractivity contribution in [2.24, 2.45) is 0 Å². The molecule has 1 aliphatic carbocycles. The second-order valence-electron chi connectivity index (χ2n) is 16.6. The van der Waals surface area contributed by atoms with Crippen molar-refractivity contribution in [3.8, 4) is 0 Å². The summed E-state index contributed by atoms with van der Waals surface area (Å²) in [5, 5.41) is 50.2. The number of ether oxygens (including phenoxy) is 3. The van der Waals surface area contributed by atoms with Gasteiger partial charge in [-0.15, -0.1) is 0 Å². The van der Waals surface area contributed by atoms with Crippen LogP contribution < -0.4 is 0 Å². The Morgan fingerprint density at radius 3 is 1.46 bits per heavy atom. The van der Waals surface area contributed by atoms with E-state index in [1.807, 2.05) is 18.2 Å². The molecule has 0 bridgehead atoms. The molecule has 382 valence electrons. The molecule has 5 unspecified atom stereocenters. The summed E-state index contributed by atoms with van der Waals surface area (Å²) in [7, 11) is -5.16. The fourth-order valence-electron chi connectivity index (χ4n) is 6.73.